The molecule has 0 spiro atoms. The molecule has 0 saturated heterocycles. The van der Waals surface area contributed by atoms with E-state index in [-0.39, 0.29) is 22.1 Å². The van der Waals surface area contributed by atoms with Crippen molar-refractivity contribution < 1.29 is 0 Å². The molecule has 5 heteroatoms. The van der Waals surface area contributed by atoms with Crippen LogP contribution in [0.4, 0.5) is 17.1 Å². The van der Waals surface area contributed by atoms with Crippen LogP contribution in [0.15, 0.2) is 96.1 Å². The predicted octanol–water partition coefficient (Wildman–Crippen LogP) is 9.54. The van der Waals surface area contributed by atoms with Crippen LogP contribution in [0.5, 0.6) is 0 Å². The molecule has 0 radical (unpaired) electrons. The lowest BCUT2D eigenvalue weighted by molar-refractivity contribution is 0.585. The maximum Gasteiger partial charge on any atom is 0.172 e. The van der Waals surface area contributed by atoms with E-state index in [1.807, 2.05) is 32.9 Å². The monoisotopic (exact) mass is 559 g/mol. The maximum absolute atomic E-state index is 8.45. The summed E-state index contributed by atoms with van der Waals surface area (Å²) in [7, 11) is 0. The number of nitrogens with two attached hydrogens (primary N) is 1. The SMILES string of the molecule is CC(C)(C)C(N)=NC(=N)c1cc(-c2ccc(N(c3ccc(C(C)(C)C)cc3)c3ccc(C(C)(C)C)cc3)cc2)ccn1. The molecule has 42 heavy (non-hydrogen) atoms. The molecule has 0 aliphatic heterocycles. The number of nitrogens with zero attached hydrogens (tertiary/aromatic N) is 3. The second-order valence-electron chi connectivity index (χ2n) is 14.0. The van der Waals surface area contributed by atoms with Crippen LogP contribution in [0, 0.1) is 10.8 Å². The van der Waals surface area contributed by atoms with Gasteiger partial charge in [0.2, 0.25) is 0 Å². The minimum atomic E-state index is -0.314. The number of pyridine rings is 1. The molecule has 0 fully saturated rings. The van der Waals surface area contributed by atoms with Crippen LogP contribution in [-0.2, 0) is 10.8 Å². The fraction of sp³-hybridized carbons (Fsp3) is 0.324. The molecule has 0 aliphatic carbocycles. The molecule has 218 valence electrons. The van der Waals surface area contributed by atoms with Crippen LogP contribution in [-0.4, -0.2) is 16.7 Å². The highest BCUT2D eigenvalue weighted by Crippen LogP contribution is 2.37. The Bertz CT molecular complexity index is 1500. The lowest BCUT2D eigenvalue weighted by Gasteiger charge is -2.28. The van der Waals surface area contributed by atoms with Crippen LogP contribution in [0.25, 0.3) is 11.1 Å². The molecule has 0 atom stereocenters. The zero-order valence-electron chi connectivity index (χ0n) is 26.6. The van der Waals surface area contributed by atoms with Crippen molar-refractivity contribution in [1.29, 1.82) is 5.41 Å². The molecule has 4 rings (SSSR count). The number of aromatic nitrogens is 1. The molecule has 3 N–H and O–H groups in total. The third-order valence-corrected chi connectivity index (χ3v) is 7.45. The maximum atomic E-state index is 8.45. The van der Waals surface area contributed by atoms with E-state index in [9.17, 15) is 0 Å². The summed E-state index contributed by atoms with van der Waals surface area (Å²) >= 11 is 0. The average Bonchev–Trinajstić information content (AvgIpc) is 2.93. The summed E-state index contributed by atoms with van der Waals surface area (Å²) in [6, 6.07) is 30.1. The smallest absolute Gasteiger partial charge is 0.172 e. The Balaban J connectivity index is 1.70. The zero-order valence-corrected chi connectivity index (χ0v) is 26.6. The first-order chi connectivity index (χ1) is 19.5. The van der Waals surface area contributed by atoms with Crippen LogP contribution >= 0.6 is 0 Å². The van der Waals surface area contributed by atoms with Crippen molar-refractivity contribution in [3.63, 3.8) is 0 Å². The quantitative estimate of drug-likeness (QED) is 0.189. The van der Waals surface area contributed by atoms with Crippen molar-refractivity contribution >= 4 is 28.7 Å². The third-order valence-electron chi connectivity index (χ3n) is 7.45. The summed E-state index contributed by atoms with van der Waals surface area (Å²) in [5.74, 6) is 0.472. The fourth-order valence-electron chi connectivity index (χ4n) is 4.56. The van der Waals surface area contributed by atoms with Crippen LogP contribution in [0.3, 0.4) is 0 Å². The van der Waals surface area contributed by atoms with Gasteiger partial charge in [-0.1, -0.05) is 98.7 Å². The molecule has 0 unspecified atom stereocenters. The van der Waals surface area contributed by atoms with Gasteiger partial charge >= 0.3 is 0 Å². The van der Waals surface area contributed by atoms with E-state index >= 15 is 0 Å². The molecule has 4 aromatic rings. The van der Waals surface area contributed by atoms with Crippen molar-refractivity contribution in [2.24, 2.45) is 16.1 Å². The molecular weight excluding hydrogens is 514 g/mol. The van der Waals surface area contributed by atoms with Crippen LogP contribution < -0.4 is 10.6 Å². The topological polar surface area (TPSA) is 78.4 Å². The highest BCUT2D eigenvalue weighted by molar-refractivity contribution is 6.05. The molecule has 0 bridgehead atoms. The number of anilines is 3. The van der Waals surface area contributed by atoms with Gasteiger partial charge in [-0.15, -0.1) is 0 Å². The number of hydrogen-bond acceptors (Lipinski definition) is 3. The van der Waals surface area contributed by atoms with Crippen molar-refractivity contribution in [2.45, 2.75) is 73.1 Å². The summed E-state index contributed by atoms with van der Waals surface area (Å²) in [5, 5.41) is 8.45. The number of rotatable bonds is 5. The normalized spacial score (nSPS) is 12.7. The summed E-state index contributed by atoms with van der Waals surface area (Å²) in [6.07, 6.45) is 1.72. The highest BCUT2D eigenvalue weighted by atomic mass is 15.1. The minimum absolute atomic E-state index is 0.0597. The Hall–Kier alpha value is -4.25. The number of aliphatic imine (C=N–C) groups is 1. The molecule has 3 aromatic carbocycles. The van der Waals surface area contributed by atoms with E-state index in [1.165, 1.54) is 11.1 Å². The van der Waals surface area contributed by atoms with Crippen molar-refractivity contribution in [3.05, 3.63) is 108 Å². The van der Waals surface area contributed by atoms with Gasteiger partial charge < -0.3 is 10.6 Å². The molecule has 1 aromatic heterocycles. The Labute approximate surface area is 252 Å². The largest absolute Gasteiger partial charge is 0.387 e. The van der Waals surface area contributed by atoms with Gasteiger partial charge in [0, 0.05) is 28.7 Å². The van der Waals surface area contributed by atoms with Gasteiger partial charge in [-0.3, -0.25) is 10.4 Å². The molecule has 0 amide bonds. The van der Waals surface area contributed by atoms with E-state index in [0.29, 0.717) is 11.5 Å². The van der Waals surface area contributed by atoms with E-state index in [0.717, 1.165) is 28.2 Å². The molecule has 5 nitrogen and oxygen atoms in total. The summed E-state index contributed by atoms with van der Waals surface area (Å²) in [4.78, 5) is 11.0. The summed E-state index contributed by atoms with van der Waals surface area (Å²) in [5.41, 5.74) is 14.3. The molecule has 0 saturated carbocycles. The molecular formula is C37H45N5. The second kappa shape index (κ2) is 11.6. The van der Waals surface area contributed by atoms with E-state index in [4.69, 9.17) is 11.1 Å². The number of amidine groups is 2. The minimum Gasteiger partial charge on any atom is -0.387 e. The predicted molar refractivity (Wildman–Crippen MR) is 180 cm³/mol. The van der Waals surface area contributed by atoms with Gasteiger partial charge in [0.05, 0.1) is 0 Å². The average molecular weight is 560 g/mol. The number of benzene rings is 3. The van der Waals surface area contributed by atoms with Gasteiger partial charge in [0.25, 0.3) is 0 Å². The van der Waals surface area contributed by atoms with Gasteiger partial charge in [0.15, 0.2) is 5.84 Å². The van der Waals surface area contributed by atoms with Crippen LogP contribution in [0.2, 0.25) is 0 Å². The Morgan fingerprint density at radius 3 is 1.48 bits per heavy atom. The van der Waals surface area contributed by atoms with Gasteiger partial charge in [-0.2, -0.15) is 0 Å². The number of nitrogens with one attached hydrogen (secondary N) is 1. The standard InChI is InChI=1S/C37H45N5/c1-35(2,3)27-12-18-30(19-13-27)42(31-20-14-28(15-21-31)36(4,5)6)29-16-10-25(11-17-29)26-22-23-40-32(24-26)33(38)41-34(39)37(7,8)9/h10-24H,1-9H3,(H3,38,39,41). The van der Waals surface area contributed by atoms with Crippen LogP contribution in [0.1, 0.15) is 79.1 Å². The van der Waals surface area contributed by atoms with Gasteiger partial charge in [-0.05, 0) is 81.6 Å². The third kappa shape index (κ3) is 7.14. The Kier molecular flexibility index (Phi) is 8.45. The Morgan fingerprint density at radius 2 is 1.07 bits per heavy atom. The first kappa shape index (κ1) is 30.7. The first-order valence-corrected chi connectivity index (χ1v) is 14.6. The van der Waals surface area contributed by atoms with Crippen molar-refractivity contribution in [1.82, 2.24) is 4.98 Å². The highest BCUT2D eigenvalue weighted by Gasteiger charge is 2.19. The lowest BCUT2D eigenvalue weighted by atomic mass is 9.86. The Morgan fingerprint density at radius 1 is 0.643 bits per heavy atom. The van der Waals surface area contributed by atoms with E-state index in [2.05, 4.69) is 129 Å². The lowest BCUT2D eigenvalue weighted by Crippen LogP contribution is -2.30. The van der Waals surface area contributed by atoms with Crippen molar-refractivity contribution in [2.75, 3.05) is 4.90 Å². The molecule has 1 heterocycles. The second-order valence-corrected chi connectivity index (χ2v) is 14.0. The first-order valence-electron chi connectivity index (χ1n) is 14.6. The molecule has 0 aliphatic rings. The van der Waals surface area contributed by atoms with E-state index < -0.39 is 0 Å². The van der Waals surface area contributed by atoms with Gasteiger partial charge in [0.1, 0.15) is 11.5 Å². The zero-order chi connectivity index (χ0) is 30.9. The van der Waals surface area contributed by atoms with Crippen molar-refractivity contribution in [3.8, 4) is 11.1 Å². The van der Waals surface area contributed by atoms with E-state index in [1.54, 1.807) is 6.20 Å². The summed E-state index contributed by atoms with van der Waals surface area (Å²) < 4.78 is 0. The fourth-order valence-corrected chi connectivity index (χ4v) is 4.56. The van der Waals surface area contributed by atoms with Gasteiger partial charge in [-0.25, -0.2) is 4.99 Å². The number of hydrogen-bond donors (Lipinski definition) is 2. The summed E-state index contributed by atoms with van der Waals surface area (Å²) in [6.45, 7) is 19.4.